The highest BCUT2D eigenvalue weighted by molar-refractivity contribution is 6.32. The van der Waals surface area contributed by atoms with Gasteiger partial charge in [0.1, 0.15) is 16.7 Å². The number of halogens is 2. The minimum atomic E-state index is -0.693. The monoisotopic (exact) mass is 316 g/mol. The van der Waals surface area contributed by atoms with E-state index in [1.807, 2.05) is 0 Å². The third-order valence-corrected chi connectivity index (χ3v) is 3.09. The number of nitrogens with one attached hydrogen (secondary N) is 1. The Kier molecular flexibility index (Phi) is 4.06. The third kappa shape index (κ3) is 2.52. The summed E-state index contributed by atoms with van der Waals surface area (Å²) >= 11 is 11.6. The predicted octanol–water partition coefficient (Wildman–Crippen LogP) is 1.85. The van der Waals surface area contributed by atoms with Gasteiger partial charge in [-0.05, 0) is 6.07 Å². The lowest BCUT2D eigenvalue weighted by molar-refractivity contribution is 0.393. The van der Waals surface area contributed by atoms with E-state index >= 15 is 0 Å². The third-order valence-electron chi connectivity index (χ3n) is 2.59. The van der Waals surface area contributed by atoms with Crippen LogP contribution < -0.4 is 20.7 Å². The van der Waals surface area contributed by atoms with Crippen LogP contribution in [0.4, 0.5) is 0 Å². The van der Waals surface area contributed by atoms with Crippen molar-refractivity contribution in [3.05, 3.63) is 49.2 Å². The highest BCUT2D eigenvalue weighted by atomic mass is 35.5. The van der Waals surface area contributed by atoms with E-state index in [-0.39, 0.29) is 21.6 Å². The summed E-state index contributed by atoms with van der Waals surface area (Å²) in [5, 5.41) is 0.194. The lowest BCUT2D eigenvalue weighted by Crippen LogP contribution is -2.33. The first kappa shape index (κ1) is 14.5. The van der Waals surface area contributed by atoms with Gasteiger partial charge in [0.2, 0.25) is 0 Å². The zero-order chi connectivity index (χ0) is 14.9. The van der Waals surface area contributed by atoms with Crippen molar-refractivity contribution in [2.45, 2.75) is 0 Å². The van der Waals surface area contributed by atoms with Gasteiger partial charge in [0.15, 0.2) is 0 Å². The highest BCUT2D eigenvalue weighted by Crippen LogP contribution is 2.33. The topological polar surface area (TPSA) is 73.3 Å². The molecular weight excluding hydrogens is 307 g/mol. The fourth-order valence-corrected chi connectivity index (χ4v) is 2.12. The van der Waals surface area contributed by atoms with Crippen LogP contribution in [0.3, 0.4) is 0 Å². The van der Waals surface area contributed by atoms with Crippen LogP contribution in [0.2, 0.25) is 10.2 Å². The summed E-state index contributed by atoms with van der Waals surface area (Å²) in [5.41, 5.74) is -1.10. The van der Waals surface area contributed by atoms with Crippen molar-refractivity contribution in [2.75, 3.05) is 14.2 Å². The summed E-state index contributed by atoms with van der Waals surface area (Å²) in [7, 11) is 2.85. The van der Waals surface area contributed by atoms with Gasteiger partial charge in [0, 0.05) is 12.1 Å². The zero-order valence-electron chi connectivity index (χ0n) is 10.6. The number of methoxy groups -OCH3 is 2. The second kappa shape index (κ2) is 5.60. The van der Waals surface area contributed by atoms with E-state index in [0.717, 1.165) is 10.6 Å². The van der Waals surface area contributed by atoms with E-state index in [2.05, 4.69) is 4.98 Å². The Morgan fingerprint density at radius 2 is 1.70 bits per heavy atom. The molecule has 0 amide bonds. The lowest BCUT2D eigenvalue weighted by atomic mass is 10.2. The molecule has 1 heterocycles. The Hall–Kier alpha value is -1.92. The van der Waals surface area contributed by atoms with Gasteiger partial charge in [-0.15, -0.1) is 0 Å². The van der Waals surface area contributed by atoms with Crippen molar-refractivity contribution in [1.82, 2.24) is 9.55 Å². The largest absolute Gasteiger partial charge is 0.495 e. The van der Waals surface area contributed by atoms with Crippen molar-refractivity contribution in [2.24, 2.45) is 0 Å². The van der Waals surface area contributed by atoms with Crippen LogP contribution in [-0.2, 0) is 0 Å². The molecule has 0 atom stereocenters. The molecule has 0 aliphatic heterocycles. The Labute approximate surface area is 123 Å². The number of aromatic amines is 1. The smallest absolute Gasteiger partial charge is 0.334 e. The summed E-state index contributed by atoms with van der Waals surface area (Å²) in [6.07, 6.45) is 0. The molecule has 0 fully saturated rings. The van der Waals surface area contributed by atoms with E-state index in [1.165, 1.54) is 26.4 Å². The van der Waals surface area contributed by atoms with Crippen LogP contribution >= 0.6 is 23.2 Å². The predicted molar refractivity (Wildman–Crippen MR) is 75.8 cm³/mol. The van der Waals surface area contributed by atoms with Crippen LogP contribution in [0.1, 0.15) is 0 Å². The molecule has 0 unspecified atom stereocenters. The van der Waals surface area contributed by atoms with Crippen molar-refractivity contribution in [3.63, 3.8) is 0 Å². The van der Waals surface area contributed by atoms with Gasteiger partial charge < -0.3 is 9.47 Å². The summed E-state index contributed by atoms with van der Waals surface area (Å²) in [5.74, 6) is 0.631. The van der Waals surface area contributed by atoms with Crippen molar-refractivity contribution in [3.8, 4) is 17.2 Å². The molecule has 0 bridgehead atoms. The molecule has 0 saturated carbocycles. The number of hydrogen-bond acceptors (Lipinski definition) is 4. The Morgan fingerprint density at radius 3 is 2.25 bits per heavy atom. The molecule has 0 aliphatic carbocycles. The summed E-state index contributed by atoms with van der Waals surface area (Å²) in [6.45, 7) is 0. The number of ether oxygens (including phenoxy) is 2. The SMILES string of the molecule is COc1cc(OC)c(-n2c(=O)cc(Cl)[nH]c2=O)cc1Cl. The number of aromatic nitrogens is 2. The number of H-pyrrole nitrogens is 1. The summed E-state index contributed by atoms with van der Waals surface area (Å²) in [4.78, 5) is 26.1. The van der Waals surface area contributed by atoms with Gasteiger partial charge in [-0.2, -0.15) is 0 Å². The van der Waals surface area contributed by atoms with Crippen LogP contribution in [-0.4, -0.2) is 23.8 Å². The van der Waals surface area contributed by atoms with Crippen molar-refractivity contribution in [1.29, 1.82) is 0 Å². The quantitative estimate of drug-likeness (QED) is 0.877. The van der Waals surface area contributed by atoms with E-state index in [4.69, 9.17) is 32.7 Å². The first-order valence-corrected chi connectivity index (χ1v) is 6.17. The van der Waals surface area contributed by atoms with Gasteiger partial charge in [0.05, 0.1) is 24.9 Å². The molecule has 0 spiro atoms. The van der Waals surface area contributed by atoms with Crippen LogP contribution in [0.25, 0.3) is 5.69 Å². The van der Waals surface area contributed by atoms with Gasteiger partial charge in [0.25, 0.3) is 5.56 Å². The van der Waals surface area contributed by atoms with Gasteiger partial charge in [-0.25, -0.2) is 9.36 Å². The molecule has 1 N–H and O–H groups in total. The van der Waals surface area contributed by atoms with E-state index in [9.17, 15) is 9.59 Å². The molecule has 6 nitrogen and oxygen atoms in total. The molecule has 2 rings (SSSR count). The van der Waals surface area contributed by atoms with Gasteiger partial charge in [-0.3, -0.25) is 9.78 Å². The maximum atomic E-state index is 11.9. The maximum Gasteiger partial charge on any atom is 0.334 e. The molecule has 2 aromatic rings. The van der Waals surface area contributed by atoms with Crippen molar-refractivity contribution < 1.29 is 9.47 Å². The minimum absolute atomic E-state index is 0.0465. The fraction of sp³-hybridized carbons (Fsp3) is 0.167. The van der Waals surface area contributed by atoms with Crippen molar-refractivity contribution >= 4 is 23.2 Å². The standard InChI is InChI=1S/C12H10Cl2N2O4/c1-19-8-4-9(20-2)7(3-6(8)13)16-11(17)5-10(14)15-12(16)18/h3-5H,1-2H3,(H,15,18). The molecule has 106 valence electrons. The molecule has 20 heavy (non-hydrogen) atoms. The highest BCUT2D eigenvalue weighted by Gasteiger charge is 2.15. The summed E-state index contributed by atoms with van der Waals surface area (Å²) < 4.78 is 11.1. The lowest BCUT2D eigenvalue weighted by Gasteiger charge is -2.12. The van der Waals surface area contributed by atoms with Gasteiger partial charge >= 0.3 is 5.69 Å². The van der Waals surface area contributed by atoms with Crippen LogP contribution in [0.5, 0.6) is 11.5 Å². The molecule has 0 radical (unpaired) electrons. The van der Waals surface area contributed by atoms with Crippen LogP contribution in [0.15, 0.2) is 27.8 Å². The number of hydrogen-bond donors (Lipinski definition) is 1. The first-order valence-electron chi connectivity index (χ1n) is 5.41. The zero-order valence-corrected chi connectivity index (χ0v) is 12.1. The van der Waals surface area contributed by atoms with E-state index in [0.29, 0.717) is 5.75 Å². The Bertz CT molecular complexity index is 736. The van der Waals surface area contributed by atoms with E-state index in [1.54, 1.807) is 0 Å². The molecular formula is C12H10Cl2N2O4. The normalized spacial score (nSPS) is 10.4. The van der Waals surface area contributed by atoms with E-state index < -0.39 is 11.2 Å². The Morgan fingerprint density at radius 1 is 1.05 bits per heavy atom. The molecule has 0 saturated heterocycles. The first-order chi connectivity index (χ1) is 9.47. The molecule has 1 aromatic heterocycles. The van der Waals surface area contributed by atoms with Gasteiger partial charge in [-0.1, -0.05) is 23.2 Å². The number of benzene rings is 1. The molecule has 8 heteroatoms. The average Bonchev–Trinajstić information content (AvgIpc) is 2.37. The molecule has 0 aliphatic rings. The minimum Gasteiger partial charge on any atom is -0.495 e. The summed E-state index contributed by atoms with van der Waals surface area (Å²) in [6, 6.07) is 3.97. The Balaban J connectivity index is 2.80. The second-order valence-corrected chi connectivity index (χ2v) is 4.57. The molecule has 1 aromatic carbocycles. The number of nitrogens with zero attached hydrogens (tertiary/aromatic N) is 1. The fourth-order valence-electron chi connectivity index (χ4n) is 1.71. The number of rotatable bonds is 3. The van der Waals surface area contributed by atoms with Crippen LogP contribution in [0, 0.1) is 0 Å². The second-order valence-electron chi connectivity index (χ2n) is 3.75. The maximum absolute atomic E-state index is 11.9. The average molecular weight is 317 g/mol.